The van der Waals surface area contributed by atoms with Gasteiger partial charge in [0.1, 0.15) is 17.3 Å². The molecule has 14 heteroatoms. The van der Waals surface area contributed by atoms with Crippen molar-refractivity contribution in [2.24, 2.45) is 11.1 Å². The fourth-order valence-electron chi connectivity index (χ4n) is 5.81. The van der Waals surface area contributed by atoms with Gasteiger partial charge in [-0.25, -0.2) is 4.39 Å². The zero-order chi connectivity index (χ0) is 32.4. The van der Waals surface area contributed by atoms with Crippen LogP contribution in [0.3, 0.4) is 0 Å². The maximum absolute atomic E-state index is 14.8. The lowest BCUT2D eigenvalue weighted by Crippen LogP contribution is -2.18. The molecule has 1 saturated carbocycles. The molecule has 0 radical (unpaired) electrons. The molecule has 0 spiro atoms. The third kappa shape index (κ3) is 5.82. The minimum Gasteiger partial charge on any atom is -0.496 e. The number of aromatic nitrogens is 1. The molecule has 2 aromatic carbocycles. The van der Waals surface area contributed by atoms with Gasteiger partial charge in [-0.3, -0.25) is 4.98 Å². The standard InChI is InChI=1S/C30H24F10N2O2/c1-13(2)19-9-21(24(43-3)11-23(19)31)22-12-41-25(30(38,39)40)10-20(22)17-4-5-18-26(17)42-44-27(18)14-6-15(28(32,33)34)8-16(7-14)29(35,36)37/h6-13,17-18,27H,4-5H2,1-3H3. The number of alkyl halides is 9. The Kier molecular flexibility index (Phi) is 7.86. The average molecular weight is 635 g/mol. The van der Waals surface area contributed by atoms with E-state index in [-0.39, 0.29) is 58.5 Å². The summed E-state index contributed by atoms with van der Waals surface area (Å²) in [7, 11) is 1.26. The maximum Gasteiger partial charge on any atom is 0.433 e. The molecule has 4 nitrogen and oxygen atoms in total. The molecule has 5 rings (SSSR count). The molecule has 1 aliphatic carbocycles. The summed E-state index contributed by atoms with van der Waals surface area (Å²) in [4.78, 5) is 8.97. The van der Waals surface area contributed by atoms with Gasteiger partial charge in [0.2, 0.25) is 0 Å². The van der Waals surface area contributed by atoms with Crippen LogP contribution in [0.2, 0.25) is 0 Å². The number of oxime groups is 1. The Morgan fingerprint density at radius 1 is 0.818 bits per heavy atom. The van der Waals surface area contributed by atoms with Crippen molar-refractivity contribution < 1.29 is 53.5 Å². The Morgan fingerprint density at radius 2 is 1.45 bits per heavy atom. The summed E-state index contributed by atoms with van der Waals surface area (Å²) in [5.74, 6) is -2.55. The summed E-state index contributed by atoms with van der Waals surface area (Å²) in [6.45, 7) is 3.45. The third-order valence-electron chi connectivity index (χ3n) is 7.91. The van der Waals surface area contributed by atoms with Crippen molar-refractivity contribution in [3.8, 4) is 16.9 Å². The van der Waals surface area contributed by atoms with Gasteiger partial charge in [0.15, 0.2) is 6.10 Å². The first-order valence-electron chi connectivity index (χ1n) is 13.4. The van der Waals surface area contributed by atoms with Gasteiger partial charge in [0, 0.05) is 35.2 Å². The number of methoxy groups -OCH3 is 1. The molecule has 0 bridgehead atoms. The highest BCUT2D eigenvalue weighted by molar-refractivity contribution is 5.97. The van der Waals surface area contributed by atoms with E-state index in [1.54, 1.807) is 13.8 Å². The smallest absolute Gasteiger partial charge is 0.433 e. The highest BCUT2D eigenvalue weighted by atomic mass is 19.4. The van der Waals surface area contributed by atoms with Crippen LogP contribution in [-0.4, -0.2) is 17.8 Å². The lowest BCUT2D eigenvalue weighted by Gasteiger charge is -2.21. The number of hydrogen-bond acceptors (Lipinski definition) is 4. The van der Waals surface area contributed by atoms with Gasteiger partial charge in [-0.05, 0) is 65.8 Å². The molecule has 0 N–H and O–H groups in total. The Balaban J connectivity index is 1.61. The predicted octanol–water partition coefficient (Wildman–Crippen LogP) is 9.70. The zero-order valence-electron chi connectivity index (χ0n) is 23.3. The van der Waals surface area contributed by atoms with E-state index in [1.807, 2.05) is 0 Å². The number of halogens is 10. The monoisotopic (exact) mass is 634 g/mol. The summed E-state index contributed by atoms with van der Waals surface area (Å²) in [6.07, 6.45) is -15.1. The fourth-order valence-corrected chi connectivity index (χ4v) is 5.81. The number of fused-ring (bicyclic) bond motifs is 1. The second-order valence-electron chi connectivity index (χ2n) is 11.0. The van der Waals surface area contributed by atoms with Crippen LogP contribution in [0.25, 0.3) is 11.1 Å². The summed E-state index contributed by atoms with van der Waals surface area (Å²) >= 11 is 0. The minimum atomic E-state index is -5.08. The Bertz CT molecular complexity index is 1580. The molecule has 44 heavy (non-hydrogen) atoms. The molecular weight excluding hydrogens is 610 g/mol. The Labute approximate surface area is 244 Å². The highest BCUT2D eigenvalue weighted by Crippen LogP contribution is 2.51. The zero-order valence-corrected chi connectivity index (χ0v) is 23.3. The van der Waals surface area contributed by atoms with Crippen LogP contribution in [0.5, 0.6) is 5.75 Å². The quantitative estimate of drug-likeness (QED) is 0.263. The second-order valence-corrected chi connectivity index (χ2v) is 11.0. The van der Waals surface area contributed by atoms with Crippen LogP contribution in [0, 0.1) is 11.7 Å². The molecule has 2 aliphatic rings. The maximum atomic E-state index is 14.8. The van der Waals surface area contributed by atoms with E-state index in [0.29, 0.717) is 12.1 Å². The number of hydrogen-bond donors (Lipinski definition) is 0. The van der Waals surface area contributed by atoms with Crippen LogP contribution in [-0.2, 0) is 23.4 Å². The van der Waals surface area contributed by atoms with Gasteiger partial charge >= 0.3 is 18.5 Å². The van der Waals surface area contributed by atoms with Crippen LogP contribution in [0.15, 0.2) is 47.8 Å². The summed E-state index contributed by atoms with van der Waals surface area (Å²) in [5, 5.41) is 3.99. The molecule has 3 unspecified atom stereocenters. The predicted molar refractivity (Wildman–Crippen MR) is 138 cm³/mol. The van der Waals surface area contributed by atoms with E-state index < -0.39 is 64.7 Å². The molecule has 3 aromatic rings. The Hall–Kier alpha value is -3.84. The van der Waals surface area contributed by atoms with Crippen LogP contribution < -0.4 is 4.74 Å². The average Bonchev–Trinajstić information content (AvgIpc) is 3.53. The number of ether oxygens (including phenoxy) is 1. The summed E-state index contributed by atoms with van der Waals surface area (Å²) in [5.41, 5.74) is -3.74. The molecule has 1 fully saturated rings. The van der Waals surface area contributed by atoms with E-state index >= 15 is 0 Å². The van der Waals surface area contributed by atoms with E-state index in [9.17, 15) is 43.9 Å². The van der Waals surface area contributed by atoms with Crippen molar-refractivity contribution in [1.29, 1.82) is 0 Å². The first-order valence-corrected chi connectivity index (χ1v) is 13.4. The van der Waals surface area contributed by atoms with Gasteiger partial charge in [0.25, 0.3) is 0 Å². The van der Waals surface area contributed by atoms with E-state index in [4.69, 9.17) is 9.57 Å². The van der Waals surface area contributed by atoms with Crippen molar-refractivity contribution in [3.05, 3.63) is 81.9 Å². The van der Waals surface area contributed by atoms with Gasteiger partial charge in [-0.2, -0.15) is 39.5 Å². The van der Waals surface area contributed by atoms with E-state index in [1.165, 1.54) is 13.2 Å². The second kappa shape index (κ2) is 11.0. The molecule has 0 amide bonds. The first-order chi connectivity index (χ1) is 20.4. The van der Waals surface area contributed by atoms with Crippen LogP contribution >= 0.6 is 0 Å². The normalized spacial score (nSPS) is 20.5. The molecule has 1 aromatic heterocycles. The fraction of sp³-hybridized carbons (Fsp3) is 0.400. The molecule has 236 valence electrons. The van der Waals surface area contributed by atoms with Gasteiger partial charge in [0.05, 0.1) is 23.9 Å². The SMILES string of the molecule is COc1cc(F)c(C(C)C)cc1-c1cnc(C(F)(F)F)cc1C1CCC2C1=NOC2c1cc(C(F)(F)F)cc(C(F)(F)F)c1. The Morgan fingerprint density at radius 3 is 2.00 bits per heavy atom. The van der Waals surface area contributed by atoms with Crippen molar-refractivity contribution in [1.82, 2.24) is 4.98 Å². The molecule has 1 aliphatic heterocycles. The van der Waals surface area contributed by atoms with Gasteiger partial charge in [-0.1, -0.05) is 19.0 Å². The van der Waals surface area contributed by atoms with Crippen molar-refractivity contribution in [2.45, 2.75) is 63.2 Å². The lowest BCUT2D eigenvalue weighted by atomic mass is 9.85. The third-order valence-corrected chi connectivity index (χ3v) is 7.91. The summed E-state index contributed by atoms with van der Waals surface area (Å²) < 4.78 is 143. The van der Waals surface area contributed by atoms with Crippen molar-refractivity contribution in [2.75, 3.05) is 7.11 Å². The number of rotatable bonds is 5. The van der Waals surface area contributed by atoms with E-state index in [0.717, 1.165) is 18.3 Å². The number of nitrogens with zero attached hydrogens (tertiary/aromatic N) is 2. The van der Waals surface area contributed by atoms with Gasteiger partial charge < -0.3 is 9.57 Å². The molecular formula is C30H24F10N2O2. The van der Waals surface area contributed by atoms with Crippen molar-refractivity contribution in [3.63, 3.8) is 0 Å². The lowest BCUT2D eigenvalue weighted by molar-refractivity contribution is -0.143. The summed E-state index contributed by atoms with van der Waals surface area (Å²) in [6, 6.07) is 4.51. The van der Waals surface area contributed by atoms with Gasteiger partial charge in [-0.15, -0.1) is 0 Å². The van der Waals surface area contributed by atoms with Crippen molar-refractivity contribution >= 4 is 5.71 Å². The number of benzene rings is 2. The molecule has 2 heterocycles. The van der Waals surface area contributed by atoms with Crippen LogP contribution in [0.1, 0.15) is 78.1 Å². The molecule has 3 atom stereocenters. The largest absolute Gasteiger partial charge is 0.496 e. The topological polar surface area (TPSA) is 43.7 Å². The molecule has 0 saturated heterocycles. The first kappa shape index (κ1) is 31.6. The highest BCUT2D eigenvalue weighted by Gasteiger charge is 2.47. The van der Waals surface area contributed by atoms with Crippen LogP contribution in [0.4, 0.5) is 43.9 Å². The number of pyridine rings is 1. The van der Waals surface area contributed by atoms with E-state index in [2.05, 4.69) is 10.1 Å². The minimum absolute atomic E-state index is 0.00107.